The molecule has 1 aliphatic rings. The first-order valence-electron chi connectivity index (χ1n) is 7.29. The van der Waals surface area contributed by atoms with E-state index >= 15 is 0 Å². The molecule has 4 N–H and O–H groups in total. The fraction of sp³-hybridized carbons (Fsp3) is 0.786. The van der Waals surface area contributed by atoms with Crippen molar-refractivity contribution in [2.45, 2.75) is 63.8 Å². The number of rotatable bonds is 8. The molecule has 1 saturated carbocycles. The van der Waals surface area contributed by atoms with Gasteiger partial charge in [0.05, 0.1) is 0 Å². The number of nitrogens with one attached hydrogen (secondary N) is 1. The van der Waals surface area contributed by atoms with Gasteiger partial charge in [0.1, 0.15) is 6.04 Å². The van der Waals surface area contributed by atoms with E-state index in [9.17, 15) is 14.4 Å². The Kier molecular flexibility index (Phi) is 7.04. The zero-order valence-electron chi connectivity index (χ0n) is 11.8. The Bertz CT molecular complexity index is 351. The highest BCUT2D eigenvalue weighted by Gasteiger charge is 2.21. The summed E-state index contributed by atoms with van der Waals surface area (Å²) in [7, 11) is 0. The van der Waals surface area contributed by atoms with Gasteiger partial charge in [-0.15, -0.1) is 0 Å². The second kappa shape index (κ2) is 8.55. The van der Waals surface area contributed by atoms with E-state index in [1.165, 1.54) is 19.3 Å². The summed E-state index contributed by atoms with van der Waals surface area (Å²) in [6, 6.07) is -1.03. The lowest BCUT2D eigenvalue weighted by molar-refractivity contribution is -0.142. The summed E-state index contributed by atoms with van der Waals surface area (Å²) in [4.78, 5) is 33.4. The van der Waals surface area contributed by atoms with E-state index < -0.39 is 17.9 Å². The number of hydrogen-bond donors (Lipinski definition) is 3. The lowest BCUT2D eigenvalue weighted by atomic mass is 9.86. The Labute approximate surface area is 119 Å². The van der Waals surface area contributed by atoms with Gasteiger partial charge in [-0.05, 0) is 18.8 Å². The topological polar surface area (TPSA) is 109 Å². The van der Waals surface area contributed by atoms with Crippen molar-refractivity contribution >= 4 is 17.8 Å². The van der Waals surface area contributed by atoms with E-state index in [1.807, 2.05) is 0 Å². The van der Waals surface area contributed by atoms with Crippen LogP contribution in [0, 0.1) is 5.92 Å². The van der Waals surface area contributed by atoms with E-state index in [1.54, 1.807) is 0 Å². The number of aliphatic carboxylic acids is 1. The van der Waals surface area contributed by atoms with Crippen LogP contribution >= 0.6 is 0 Å². The number of primary amides is 1. The largest absolute Gasteiger partial charge is 0.480 e. The molecule has 0 aromatic carbocycles. The Morgan fingerprint density at radius 2 is 1.80 bits per heavy atom. The van der Waals surface area contributed by atoms with Crippen LogP contribution in [0.4, 0.5) is 0 Å². The number of hydrogen-bond acceptors (Lipinski definition) is 3. The smallest absolute Gasteiger partial charge is 0.326 e. The summed E-state index contributed by atoms with van der Waals surface area (Å²) in [5.41, 5.74) is 4.98. The highest BCUT2D eigenvalue weighted by Crippen LogP contribution is 2.27. The summed E-state index contributed by atoms with van der Waals surface area (Å²) >= 11 is 0. The molecule has 0 bridgehead atoms. The third-order valence-electron chi connectivity index (χ3n) is 3.82. The number of nitrogens with two attached hydrogens (primary N) is 1. The first kappa shape index (κ1) is 16.5. The molecule has 0 heterocycles. The zero-order chi connectivity index (χ0) is 15.0. The summed E-state index contributed by atoms with van der Waals surface area (Å²) in [6.07, 6.45) is 7.22. The number of carbonyl (C=O) groups is 3. The van der Waals surface area contributed by atoms with Crippen molar-refractivity contribution in [2.75, 3.05) is 0 Å². The fourth-order valence-electron chi connectivity index (χ4n) is 2.62. The third-order valence-corrected chi connectivity index (χ3v) is 3.82. The highest BCUT2D eigenvalue weighted by atomic mass is 16.4. The Hall–Kier alpha value is -1.59. The number of carboxylic acid groups (broad SMARTS) is 1. The first-order valence-corrected chi connectivity index (χ1v) is 7.29. The van der Waals surface area contributed by atoms with Crippen LogP contribution in [0.5, 0.6) is 0 Å². The minimum atomic E-state index is -1.13. The van der Waals surface area contributed by atoms with E-state index in [0.717, 1.165) is 19.3 Å². The Morgan fingerprint density at radius 3 is 2.35 bits per heavy atom. The van der Waals surface area contributed by atoms with Crippen molar-refractivity contribution in [3.05, 3.63) is 0 Å². The van der Waals surface area contributed by atoms with Crippen LogP contribution in [0.25, 0.3) is 0 Å². The molecule has 0 aromatic heterocycles. The van der Waals surface area contributed by atoms with Gasteiger partial charge in [0.25, 0.3) is 0 Å². The molecule has 0 saturated heterocycles. The van der Waals surface area contributed by atoms with Crippen molar-refractivity contribution in [3.8, 4) is 0 Å². The quantitative estimate of drug-likeness (QED) is 0.621. The number of carboxylic acids is 1. The minimum absolute atomic E-state index is 0.0415. The Balaban J connectivity index is 2.29. The van der Waals surface area contributed by atoms with Crippen LogP contribution in [-0.2, 0) is 14.4 Å². The molecule has 6 heteroatoms. The van der Waals surface area contributed by atoms with Gasteiger partial charge in [-0.1, -0.05) is 32.1 Å². The molecular weight excluding hydrogens is 260 g/mol. The third kappa shape index (κ3) is 6.54. The lowest BCUT2D eigenvalue weighted by Gasteiger charge is -2.21. The van der Waals surface area contributed by atoms with Gasteiger partial charge in [0.2, 0.25) is 11.8 Å². The molecule has 0 radical (unpaired) electrons. The molecule has 20 heavy (non-hydrogen) atoms. The summed E-state index contributed by atoms with van der Waals surface area (Å²) in [5, 5.41) is 11.5. The van der Waals surface area contributed by atoms with Crippen molar-refractivity contribution in [1.29, 1.82) is 0 Å². The second-order valence-corrected chi connectivity index (χ2v) is 5.51. The molecule has 0 aliphatic heterocycles. The summed E-state index contributed by atoms with van der Waals surface area (Å²) in [5.74, 6) is -1.36. The van der Waals surface area contributed by atoms with E-state index in [-0.39, 0.29) is 18.7 Å². The average molecular weight is 284 g/mol. The minimum Gasteiger partial charge on any atom is -0.480 e. The molecule has 0 aromatic rings. The van der Waals surface area contributed by atoms with Gasteiger partial charge in [-0.3, -0.25) is 9.59 Å². The van der Waals surface area contributed by atoms with Gasteiger partial charge in [0, 0.05) is 12.8 Å². The van der Waals surface area contributed by atoms with Gasteiger partial charge in [-0.2, -0.15) is 0 Å². The molecule has 0 spiro atoms. The summed E-state index contributed by atoms with van der Waals surface area (Å²) in [6.45, 7) is 0. The maximum absolute atomic E-state index is 11.8. The molecule has 6 nitrogen and oxygen atoms in total. The standard InChI is InChI=1S/C14H24N2O4/c15-12(17)8-7-11(14(19)20)16-13(18)9-6-10-4-2-1-3-5-10/h10-11H,1-9H2,(H2,15,17)(H,16,18)(H,19,20)/t11-/m0/s1. The van der Waals surface area contributed by atoms with Crippen LogP contribution in [0.1, 0.15) is 57.8 Å². The maximum atomic E-state index is 11.8. The van der Waals surface area contributed by atoms with E-state index in [2.05, 4.69) is 5.32 Å². The van der Waals surface area contributed by atoms with E-state index in [4.69, 9.17) is 10.8 Å². The molecule has 0 unspecified atom stereocenters. The molecular formula is C14H24N2O4. The molecule has 1 aliphatic carbocycles. The van der Waals surface area contributed by atoms with Crippen molar-refractivity contribution in [2.24, 2.45) is 11.7 Å². The second-order valence-electron chi connectivity index (χ2n) is 5.51. The van der Waals surface area contributed by atoms with Gasteiger partial charge >= 0.3 is 5.97 Å². The average Bonchev–Trinajstić information content (AvgIpc) is 2.41. The normalized spacial score (nSPS) is 17.4. The summed E-state index contributed by atoms with van der Waals surface area (Å²) < 4.78 is 0. The SMILES string of the molecule is NC(=O)CC[C@H](NC(=O)CCC1CCCCC1)C(=O)O. The Morgan fingerprint density at radius 1 is 1.15 bits per heavy atom. The zero-order valence-corrected chi connectivity index (χ0v) is 11.8. The molecule has 1 atom stereocenters. The molecule has 1 fully saturated rings. The van der Waals surface area contributed by atoms with Crippen molar-refractivity contribution in [3.63, 3.8) is 0 Å². The van der Waals surface area contributed by atoms with Crippen LogP contribution in [0.15, 0.2) is 0 Å². The van der Waals surface area contributed by atoms with Crippen molar-refractivity contribution in [1.82, 2.24) is 5.32 Å². The molecule has 2 amide bonds. The first-order chi connectivity index (χ1) is 9.49. The van der Waals surface area contributed by atoms with Crippen LogP contribution in [-0.4, -0.2) is 28.9 Å². The van der Waals surface area contributed by atoms with Crippen LogP contribution < -0.4 is 11.1 Å². The van der Waals surface area contributed by atoms with E-state index in [0.29, 0.717) is 12.3 Å². The predicted octanol–water partition coefficient (Wildman–Crippen LogP) is 1.18. The monoisotopic (exact) mass is 284 g/mol. The van der Waals surface area contributed by atoms with Gasteiger partial charge in [0.15, 0.2) is 0 Å². The maximum Gasteiger partial charge on any atom is 0.326 e. The van der Waals surface area contributed by atoms with Gasteiger partial charge in [-0.25, -0.2) is 4.79 Å². The van der Waals surface area contributed by atoms with Crippen LogP contribution in [0.3, 0.4) is 0 Å². The highest BCUT2D eigenvalue weighted by molar-refractivity contribution is 5.84. The lowest BCUT2D eigenvalue weighted by Crippen LogP contribution is -2.41. The van der Waals surface area contributed by atoms with Crippen molar-refractivity contribution < 1.29 is 19.5 Å². The van der Waals surface area contributed by atoms with Crippen LogP contribution in [0.2, 0.25) is 0 Å². The number of carbonyl (C=O) groups excluding carboxylic acids is 2. The molecule has 114 valence electrons. The fourth-order valence-corrected chi connectivity index (χ4v) is 2.62. The van der Waals surface area contributed by atoms with Gasteiger partial charge < -0.3 is 16.2 Å². The molecule has 1 rings (SSSR count). The predicted molar refractivity (Wildman–Crippen MR) is 73.8 cm³/mol. The number of amides is 2.